The molecule has 0 bridgehead atoms. The van der Waals surface area contributed by atoms with Gasteiger partial charge in [-0.25, -0.2) is 4.98 Å². The van der Waals surface area contributed by atoms with Gasteiger partial charge in [-0.15, -0.1) is 11.3 Å². The number of methoxy groups -OCH3 is 2. The van der Waals surface area contributed by atoms with E-state index in [1.165, 1.54) is 18.4 Å². The second kappa shape index (κ2) is 7.42. The van der Waals surface area contributed by atoms with Crippen LogP contribution in [0.5, 0.6) is 5.75 Å². The number of ether oxygens (including phenoxy) is 2. The average Bonchev–Trinajstić information content (AvgIpc) is 2.94. The molecule has 0 aliphatic carbocycles. The molecule has 1 N–H and O–H groups in total. The zero-order valence-electron chi connectivity index (χ0n) is 11.7. The van der Waals surface area contributed by atoms with Gasteiger partial charge in [0.15, 0.2) is 5.13 Å². The molecular weight excluding hydrogens is 356 g/mol. The molecule has 0 saturated carbocycles. The fourth-order valence-corrected chi connectivity index (χ4v) is 2.76. The van der Waals surface area contributed by atoms with Crippen molar-refractivity contribution in [3.8, 4) is 5.75 Å². The molecule has 112 valence electrons. The largest absolute Gasteiger partial charge is 0.497 e. The maximum absolute atomic E-state index is 11.1. The number of thiazole rings is 1. The van der Waals surface area contributed by atoms with Gasteiger partial charge in [-0.2, -0.15) is 0 Å². The van der Waals surface area contributed by atoms with Crippen molar-refractivity contribution in [2.24, 2.45) is 0 Å². The van der Waals surface area contributed by atoms with E-state index >= 15 is 0 Å². The lowest BCUT2D eigenvalue weighted by molar-refractivity contribution is -0.140. The molecule has 0 aliphatic heterocycles. The van der Waals surface area contributed by atoms with Crippen LogP contribution in [0.2, 0.25) is 0 Å². The minimum absolute atomic E-state index is 0.229. The van der Waals surface area contributed by atoms with Gasteiger partial charge in [-0.1, -0.05) is 0 Å². The molecule has 0 fully saturated rings. The van der Waals surface area contributed by atoms with Gasteiger partial charge in [0.05, 0.1) is 32.0 Å². The van der Waals surface area contributed by atoms with Crippen molar-refractivity contribution in [3.63, 3.8) is 0 Å². The van der Waals surface area contributed by atoms with Crippen LogP contribution >= 0.6 is 27.3 Å². The van der Waals surface area contributed by atoms with Gasteiger partial charge >= 0.3 is 5.97 Å². The van der Waals surface area contributed by atoms with E-state index in [2.05, 4.69) is 31.0 Å². The highest BCUT2D eigenvalue weighted by Crippen LogP contribution is 2.31. The summed E-state index contributed by atoms with van der Waals surface area (Å²) in [6, 6.07) is 5.67. The first-order chi connectivity index (χ1) is 10.1. The number of hydrogen-bond acceptors (Lipinski definition) is 6. The van der Waals surface area contributed by atoms with Gasteiger partial charge in [-0.3, -0.25) is 4.79 Å². The molecule has 21 heavy (non-hydrogen) atoms. The quantitative estimate of drug-likeness (QED) is 0.784. The highest BCUT2D eigenvalue weighted by atomic mass is 79.9. The molecule has 0 atom stereocenters. The number of aryl methyl sites for hydroxylation is 1. The third-order valence-electron chi connectivity index (χ3n) is 2.78. The number of esters is 1. The molecule has 2 aromatic rings. The summed E-state index contributed by atoms with van der Waals surface area (Å²) in [5.74, 6) is 0.538. The standard InChI is InChI=1S/C14H15BrN2O3S/c1-19-10-4-5-11(15)12(7-10)17-14-16-9(8-21-14)3-6-13(18)20-2/h4-5,7-8H,3,6H2,1-2H3,(H,16,17). The highest BCUT2D eigenvalue weighted by molar-refractivity contribution is 9.10. The Morgan fingerprint density at radius 2 is 2.24 bits per heavy atom. The average molecular weight is 371 g/mol. The second-order valence-electron chi connectivity index (χ2n) is 4.19. The molecule has 5 nitrogen and oxygen atoms in total. The monoisotopic (exact) mass is 370 g/mol. The van der Waals surface area contributed by atoms with E-state index in [1.807, 2.05) is 23.6 Å². The smallest absolute Gasteiger partial charge is 0.305 e. The second-order valence-corrected chi connectivity index (χ2v) is 5.90. The Balaban J connectivity index is 2.03. The number of halogens is 1. The number of nitrogens with zero attached hydrogens (tertiary/aromatic N) is 1. The predicted molar refractivity (Wildman–Crippen MR) is 86.4 cm³/mol. The minimum atomic E-state index is -0.229. The van der Waals surface area contributed by atoms with Crippen LogP contribution in [0, 0.1) is 0 Å². The number of anilines is 2. The summed E-state index contributed by atoms with van der Waals surface area (Å²) >= 11 is 4.97. The first-order valence-electron chi connectivity index (χ1n) is 6.24. The van der Waals surface area contributed by atoms with Crippen molar-refractivity contribution >= 4 is 44.1 Å². The Bertz CT molecular complexity index is 630. The van der Waals surface area contributed by atoms with Gasteiger partial charge in [0.25, 0.3) is 0 Å². The molecule has 0 saturated heterocycles. The SMILES string of the molecule is COC(=O)CCc1csc(Nc2cc(OC)ccc2Br)n1. The third kappa shape index (κ3) is 4.44. The topological polar surface area (TPSA) is 60.5 Å². The van der Waals surface area contributed by atoms with E-state index in [4.69, 9.17) is 4.74 Å². The summed E-state index contributed by atoms with van der Waals surface area (Å²) in [4.78, 5) is 15.6. The zero-order valence-corrected chi connectivity index (χ0v) is 14.1. The van der Waals surface area contributed by atoms with Crippen LogP contribution in [0.1, 0.15) is 12.1 Å². The van der Waals surface area contributed by atoms with Crippen LogP contribution in [0.3, 0.4) is 0 Å². The van der Waals surface area contributed by atoms with E-state index < -0.39 is 0 Å². The van der Waals surface area contributed by atoms with Crippen LogP contribution in [-0.2, 0) is 16.0 Å². The zero-order chi connectivity index (χ0) is 15.2. The highest BCUT2D eigenvalue weighted by Gasteiger charge is 2.08. The van der Waals surface area contributed by atoms with Gasteiger partial charge in [0.1, 0.15) is 5.75 Å². The van der Waals surface area contributed by atoms with Crippen molar-refractivity contribution in [1.29, 1.82) is 0 Å². The molecule has 0 radical (unpaired) electrons. The van der Waals surface area contributed by atoms with Crippen LogP contribution < -0.4 is 10.1 Å². The number of carbonyl (C=O) groups is 1. The lowest BCUT2D eigenvalue weighted by atomic mass is 10.2. The lowest BCUT2D eigenvalue weighted by Crippen LogP contribution is -2.02. The predicted octanol–water partition coefficient (Wildman–Crippen LogP) is 3.76. The normalized spacial score (nSPS) is 10.2. The van der Waals surface area contributed by atoms with Gasteiger partial charge < -0.3 is 14.8 Å². The molecule has 1 aromatic carbocycles. The van der Waals surface area contributed by atoms with E-state index in [0.717, 1.165) is 26.7 Å². The Hall–Kier alpha value is -1.60. The maximum atomic E-state index is 11.1. The summed E-state index contributed by atoms with van der Waals surface area (Å²) in [5.41, 5.74) is 1.75. The van der Waals surface area contributed by atoms with E-state index in [-0.39, 0.29) is 5.97 Å². The van der Waals surface area contributed by atoms with Crippen molar-refractivity contribution in [2.75, 3.05) is 19.5 Å². The Morgan fingerprint density at radius 1 is 1.43 bits per heavy atom. The van der Waals surface area contributed by atoms with Gasteiger partial charge in [0.2, 0.25) is 0 Å². The Labute approximate surface area is 135 Å². The van der Waals surface area contributed by atoms with Crippen molar-refractivity contribution in [3.05, 3.63) is 33.7 Å². The lowest BCUT2D eigenvalue weighted by Gasteiger charge is -2.07. The fourth-order valence-electron chi connectivity index (χ4n) is 1.65. The summed E-state index contributed by atoms with van der Waals surface area (Å²) in [5, 5.41) is 5.93. The van der Waals surface area contributed by atoms with Gasteiger partial charge in [0, 0.05) is 22.3 Å². The van der Waals surface area contributed by atoms with Crippen LogP contribution in [0.25, 0.3) is 0 Å². The Kier molecular flexibility index (Phi) is 5.58. The number of benzene rings is 1. The van der Waals surface area contributed by atoms with E-state index in [9.17, 15) is 4.79 Å². The molecule has 7 heteroatoms. The van der Waals surface area contributed by atoms with Crippen LogP contribution in [0.4, 0.5) is 10.8 Å². The summed E-state index contributed by atoms with van der Waals surface area (Å²) in [6.07, 6.45) is 0.909. The van der Waals surface area contributed by atoms with E-state index in [0.29, 0.717) is 12.8 Å². The Morgan fingerprint density at radius 3 is 2.95 bits per heavy atom. The van der Waals surface area contributed by atoms with Crippen molar-refractivity contribution in [2.45, 2.75) is 12.8 Å². The van der Waals surface area contributed by atoms with Gasteiger partial charge in [-0.05, 0) is 28.1 Å². The first-order valence-corrected chi connectivity index (χ1v) is 7.91. The molecule has 2 rings (SSSR count). The summed E-state index contributed by atoms with van der Waals surface area (Å²) in [7, 11) is 3.01. The summed E-state index contributed by atoms with van der Waals surface area (Å²) < 4.78 is 10.7. The fraction of sp³-hybridized carbons (Fsp3) is 0.286. The maximum Gasteiger partial charge on any atom is 0.305 e. The minimum Gasteiger partial charge on any atom is -0.497 e. The van der Waals surface area contributed by atoms with Crippen LogP contribution in [0.15, 0.2) is 28.1 Å². The van der Waals surface area contributed by atoms with Crippen molar-refractivity contribution < 1.29 is 14.3 Å². The van der Waals surface area contributed by atoms with Crippen LogP contribution in [-0.4, -0.2) is 25.2 Å². The number of nitrogens with one attached hydrogen (secondary N) is 1. The molecule has 0 spiro atoms. The first kappa shape index (κ1) is 15.8. The molecule has 1 heterocycles. The van der Waals surface area contributed by atoms with E-state index in [1.54, 1.807) is 7.11 Å². The third-order valence-corrected chi connectivity index (χ3v) is 4.28. The van der Waals surface area contributed by atoms with Crippen molar-refractivity contribution in [1.82, 2.24) is 4.98 Å². The molecule has 0 aliphatic rings. The molecule has 0 amide bonds. The summed E-state index contributed by atoms with van der Waals surface area (Å²) in [6.45, 7) is 0. The number of aromatic nitrogens is 1. The molecule has 1 aromatic heterocycles. The number of hydrogen-bond donors (Lipinski definition) is 1. The molecular formula is C14H15BrN2O3S. The molecule has 0 unspecified atom stereocenters. The number of carbonyl (C=O) groups excluding carboxylic acids is 1. The number of rotatable bonds is 6.